The number of likely N-dealkylation sites (tertiary alicyclic amines) is 1. The molecule has 0 N–H and O–H groups in total. The second-order valence-corrected chi connectivity index (χ2v) is 8.83. The minimum atomic E-state index is 0.0398. The van der Waals surface area contributed by atoms with Gasteiger partial charge in [0, 0.05) is 19.2 Å². The molecule has 166 valence electrons. The van der Waals surface area contributed by atoms with Crippen molar-refractivity contribution in [1.82, 2.24) is 23.8 Å². The van der Waals surface area contributed by atoms with E-state index in [1.807, 2.05) is 28.0 Å². The van der Waals surface area contributed by atoms with Crippen molar-refractivity contribution in [1.29, 1.82) is 0 Å². The van der Waals surface area contributed by atoms with Crippen molar-refractivity contribution in [2.45, 2.75) is 52.0 Å². The molecule has 1 saturated heterocycles. The Balaban J connectivity index is 1.32. The normalized spacial score (nSPS) is 15.7. The van der Waals surface area contributed by atoms with Crippen LogP contribution in [0.4, 0.5) is 0 Å². The molecule has 6 heteroatoms. The Hall–Kier alpha value is -2.99. The smallest absolute Gasteiger partial charge is 0.277 e. The second kappa shape index (κ2) is 8.87. The Morgan fingerprint density at radius 1 is 1.03 bits per heavy atom. The summed E-state index contributed by atoms with van der Waals surface area (Å²) in [7, 11) is 0. The summed E-state index contributed by atoms with van der Waals surface area (Å²) in [5.74, 6) is 1.57. The Morgan fingerprint density at radius 2 is 1.81 bits per heavy atom. The average Bonchev–Trinajstić information content (AvgIpc) is 3.19. The molecule has 0 saturated carbocycles. The van der Waals surface area contributed by atoms with Crippen molar-refractivity contribution >= 4 is 16.7 Å². The van der Waals surface area contributed by atoms with E-state index in [1.54, 1.807) is 6.20 Å². The molecule has 6 nitrogen and oxygen atoms in total. The number of hydrogen-bond donors (Lipinski definition) is 0. The zero-order chi connectivity index (χ0) is 22.1. The molecule has 32 heavy (non-hydrogen) atoms. The molecule has 4 heterocycles. The van der Waals surface area contributed by atoms with Gasteiger partial charge in [-0.25, -0.2) is 9.97 Å². The summed E-state index contributed by atoms with van der Waals surface area (Å²) < 4.78 is 3.86. The van der Waals surface area contributed by atoms with Gasteiger partial charge in [-0.05, 0) is 69.4 Å². The first-order valence-electron chi connectivity index (χ1n) is 11.8. The number of piperidine rings is 1. The molecule has 5 rings (SSSR count). The first-order chi connectivity index (χ1) is 15.7. The predicted molar refractivity (Wildman–Crippen MR) is 128 cm³/mol. The maximum Gasteiger partial charge on any atom is 0.277 e. The molecule has 4 aromatic rings. The second-order valence-electron chi connectivity index (χ2n) is 8.83. The molecule has 0 radical (unpaired) electrons. The van der Waals surface area contributed by atoms with Crippen LogP contribution in [0.2, 0.25) is 0 Å². The van der Waals surface area contributed by atoms with E-state index < -0.39 is 0 Å². The van der Waals surface area contributed by atoms with Crippen LogP contribution in [0.15, 0.2) is 53.5 Å². The van der Waals surface area contributed by atoms with Gasteiger partial charge < -0.3 is 9.47 Å². The average molecular weight is 430 g/mol. The molecule has 0 atom stereocenters. The van der Waals surface area contributed by atoms with Crippen LogP contribution in [0, 0.1) is 6.92 Å². The molecule has 1 aromatic carbocycles. The van der Waals surface area contributed by atoms with Crippen LogP contribution in [0.3, 0.4) is 0 Å². The number of pyridine rings is 1. The van der Waals surface area contributed by atoms with Crippen molar-refractivity contribution in [2.24, 2.45) is 0 Å². The summed E-state index contributed by atoms with van der Waals surface area (Å²) in [6.45, 7) is 7.94. The van der Waals surface area contributed by atoms with Crippen molar-refractivity contribution in [3.05, 3.63) is 76.1 Å². The van der Waals surface area contributed by atoms with Gasteiger partial charge in [0.1, 0.15) is 11.3 Å². The van der Waals surface area contributed by atoms with Crippen molar-refractivity contribution in [2.75, 3.05) is 19.6 Å². The summed E-state index contributed by atoms with van der Waals surface area (Å²) in [6, 6.07) is 14.8. The van der Waals surface area contributed by atoms with Gasteiger partial charge in [-0.3, -0.25) is 9.20 Å². The van der Waals surface area contributed by atoms with Crippen LogP contribution in [0.5, 0.6) is 0 Å². The molecule has 0 amide bonds. The Bertz CT molecular complexity index is 1280. The number of aromatic nitrogens is 4. The van der Waals surface area contributed by atoms with E-state index in [2.05, 4.69) is 52.1 Å². The first kappa shape index (κ1) is 20.9. The van der Waals surface area contributed by atoms with Gasteiger partial charge in [0.15, 0.2) is 5.65 Å². The zero-order valence-corrected chi connectivity index (χ0v) is 19.0. The van der Waals surface area contributed by atoms with Gasteiger partial charge in [0.25, 0.3) is 5.56 Å². The minimum absolute atomic E-state index is 0.0398. The fraction of sp³-hybridized carbons (Fsp3) is 0.423. The van der Waals surface area contributed by atoms with Gasteiger partial charge >= 0.3 is 0 Å². The predicted octanol–water partition coefficient (Wildman–Crippen LogP) is 4.18. The monoisotopic (exact) mass is 429 g/mol. The number of nitrogens with zero attached hydrogens (tertiary/aromatic N) is 5. The number of imidazole rings is 1. The van der Waals surface area contributed by atoms with Gasteiger partial charge in [-0.2, -0.15) is 0 Å². The van der Waals surface area contributed by atoms with Crippen molar-refractivity contribution < 1.29 is 0 Å². The molecule has 1 aliphatic heterocycles. The fourth-order valence-electron chi connectivity index (χ4n) is 5.20. The number of fused-ring (bicyclic) bond motifs is 3. The molecule has 0 bridgehead atoms. The highest BCUT2D eigenvalue weighted by molar-refractivity contribution is 5.76. The lowest BCUT2D eigenvalue weighted by molar-refractivity contribution is 0.207. The Labute approximate surface area is 188 Å². The quantitative estimate of drug-likeness (QED) is 0.461. The lowest BCUT2D eigenvalue weighted by Gasteiger charge is -2.32. The summed E-state index contributed by atoms with van der Waals surface area (Å²) in [5.41, 5.74) is 4.67. The zero-order valence-electron chi connectivity index (χ0n) is 19.0. The van der Waals surface area contributed by atoms with E-state index in [0.29, 0.717) is 18.0 Å². The van der Waals surface area contributed by atoms with Gasteiger partial charge in [-0.15, -0.1) is 0 Å². The van der Waals surface area contributed by atoms with E-state index in [-0.39, 0.29) is 5.56 Å². The van der Waals surface area contributed by atoms with Crippen LogP contribution in [0.25, 0.3) is 16.7 Å². The number of rotatable bonds is 6. The molecular weight excluding hydrogens is 398 g/mol. The molecule has 3 aromatic heterocycles. The van der Waals surface area contributed by atoms with Crippen LogP contribution < -0.4 is 5.56 Å². The number of aryl methyl sites for hydroxylation is 3. The van der Waals surface area contributed by atoms with E-state index in [4.69, 9.17) is 0 Å². The molecular formula is C26H31N5O. The van der Waals surface area contributed by atoms with E-state index in [0.717, 1.165) is 55.2 Å². The van der Waals surface area contributed by atoms with Crippen molar-refractivity contribution in [3.8, 4) is 0 Å². The lowest BCUT2D eigenvalue weighted by atomic mass is 9.89. The number of benzene rings is 1. The van der Waals surface area contributed by atoms with E-state index >= 15 is 0 Å². The van der Waals surface area contributed by atoms with E-state index in [9.17, 15) is 4.79 Å². The fourth-order valence-corrected chi connectivity index (χ4v) is 5.20. The molecule has 0 spiro atoms. The third-order valence-corrected chi connectivity index (χ3v) is 6.87. The molecule has 1 aliphatic rings. The molecule has 1 fully saturated rings. The van der Waals surface area contributed by atoms with Crippen molar-refractivity contribution in [3.63, 3.8) is 0 Å². The topological polar surface area (TPSA) is 55.4 Å². The minimum Gasteiger partial charge on any atom is -0.303 e. The maximum absolute atomic E-state index is 13.4. The highest BCUT2D eigenvalue weighted by Gasteiger charge is 2.21. The molecule has 0 unspecified atom stereocenters. The summed E-state index contributed by atoms with van der Waals surface area (Å²) in [4.78, 5) is 25.2. The van der Waals surface area contributed by atoms with Gasteiger partial charge in [-0.1, -0.05) is 37.3 Å². The highest BCUT2D eigenvalue weighted by atomic mass is 16.1. The van der Waals surface area contributed by atoms with Gasteiger partial charge in [0.2, 0.25) is 0 Å². The highest BCUT2D eigenvalue weighted by Crippen LogP contribution is 2.27. The lowest BCUT2D eigenvalue weighted by Crippen LogP contribution is -2.34. The Morgan fingerprint density at radius 3 is 2.56 bits per heavy atom. The third kappa shape index (κ3) is 3.73. The summed E-state index contributed by atoms with van der Waals surface area (Å²) in [6.07, 6.45) is 5.92. The standard InChI is InChI=1S/C26H31N5O/c1-3-23-28-19(2)24-26(32)30(22-11-7-14-27-25(22)31(23)24)16-8-15-29-17-12-21(13-18-29)20-9-5-4-6-10-20/h4-7,9-11,14,21H,3,8,12-13,15-18H2,1-2H3. The molecule has 0 aliphatic carbocycles. The SMILES string of the molecule is CCc1nc(C)c2c(=O)n(CCCN3CCC(c4ccccc4)CC3)c3cccnc3n12. The van der Waals surface area contributed by atoms with Crippen LogP contribution >= 0.6 is 0 Å². The van der Waals surface area contributed by atoms with Gasteiger partial charge in [0.05, 0.1) is 11.2 Å². The van der Waals surface area contributed by atoms with Crippen LogP contribution in [0.1, 0.15) is 49.2 Å². The van der Waals surface area contributed by atoms with Crippen LogP contribution in [-0.4, -0.2) is 43.5 Å². The maximum atomic E-state index is 13.4. The largest absolute Gasteiger partial charge is 0.303 e. The Kier molecular flexibility index (Phi) is 5.79. The summed E-state index contributed by atoms with van der Waals surface area (Å²) in [5, 5.41) is 0. The first-order valence-corrected chi connectivity index (χ1v) is 11.8. The third-order valence-electron chi connectivity index (χ3n) is 6.87. The number of hydrogen-bond acceptors (Lipinski definition) is 4. The van der Waals surface area contributed by atoms with E-state index in [1.165, 1.54) is 18.4 Å². The summed E-state index contributed by atoms with van der Waals surface area (Å²) >= 11 is 0. The van der Waals surface area contributed by atoms with Crippen LogP contribution in [-0.2, 0) is 13.0 Å².